The maximum absolute atomic E-state index is 9.48. The molecular weight excluding hydrogens is 210 g/mol. The predicted molar refractivity (Wildman–Crippen MR) is 74.2 cm³/mol. The molecule has 1 aliphatic carbocycles. The number of nitrogens with one attached hydrogen (secondary N) is 1. The zero-order valence-electron chi connectivity index (χ0n) is 12.0. The van der Waals surface area contributed by atoms with Crippen molar-refractivity contribution in [3.63, 3.8) is 0 Å². The minimum Gasteiger partial charge on any atom is -0.393 e. The Labute approximate surface area is 107 Å². The van der Waals surface area contributed by atoms with Gasteiger partial charge < -0.3 is 10.4 Å². The van der Waals surface area contributed by atoms with Gasteiger partial charge in [0.15, 0.2) is 0 Å². The molecule has 0 aromatic carbocycles. The summed E-state index contributed by atoms with van der Waals surface area (Å²) in [7, 11) is 0. The second-order valence-corrected chi connectivity index (χ2v) is 6.64. The molecule has 1 saturated carbocycles. The smallest absolute Gasteiger partial charge is 0.0517 e. The molecule has 2 N–H and O–H groups in total. The van der Waals surface area contributed by atoms with Gasteiger partial charge in [-0.05, 0) is 31.6 Å². The third kappa shape index (κ3) is 7.05. The van der Waals surface area contributed by atoms with Crippen molar-refractivity contribution < 1.29 is 5.11 Å². The highest BCUT2D eigenvalue weighted by atomic mass is 16.3. The first-order valence-electron chi connectivity index (χ1n) is 7.41. The molecule has 2 nitrogen and oxygen atoms in total. The lowest BCUT2D eigenvalue weighted by Crippen LogP contribution is -2.38. The molecule has 0 spiro atoms. The molecule has 0 amide bonds. The summed E-state index contributed by atoms with van der Waals surface area (Å²) < 4.78 is 0. The standard InChI is InChI=1S/C15H31NO/c1-13(17)11-15(2,3)12-16-14-9-7-5-4-6-8-10-14/h13-14,16-17H,4-12H2,1-3H3. The number of aliphatic hydroxyl groups is 1. The van der Waals surface area contributed by atoms with Crippen molar-refractivity contribution in [1.29, 1.82) is 0 Å². The van der Waals surface area contributed by atoms with Gasteiger partial charge in [-0.15, -0.1) is 0 Å². The molecule has 0 saturated heterocycles. The summed E-state index contributed by atoms with van der Waals surface area (Å²) in [4.78, 5) is 0. The first-order valence-corrected chi connectivity index (χ1v) is 7.41. The first kappa shape index (κ1) is 15.0. The van der Waals surface area contributed by atoms with E-state index in [4.69, 9.17) is 0 Å². The summed E-state index contributed by atoms with van der Waals surface area (Å²) in [5, 5.41) is 13.2. The topological polar surface area (TPSA) is 32.3 Å². The minimum absolute atomic E-state index is 0.191. The summed E-state index contributed by atoms with van der Waals surface area (Å²) in [6.45, 7) is 7.41. The highest BCUT2D eigenvalue weighted by molar-refractivity contribution is 4.78. The van der Waals surface area contributed by atoms with Crippen LogP contribution in [0.15, 0.2) is 0 Å². The van der Waals surface area contributed by atoms with Gasteiger partial charge in [-0.25, -0.2) is 0 Å². The van der Waals surface area contributed by atoms with E-state index in [0.717, 1.165) is 13.0 Å². The minimum atomic E-state index is -0.191. The largest absolute Gasteiger partial charge is 0.393 e. The van der Waals surface area contributed by atoms with E-state index >= 15 is 0 Å². The molecule has 1 fully saturated rings. The van der Waals surface area contributed by atoms with Crippen molar-refractivity contribution in [1.82, 2.24) is 5.32 Å². The lowest BCUT2D eigenvalue weighted by molar-refractivity contribution is 0.125. The zero-order valence-corrected chi connectivity index (χ0v) is 12.0. The molecule has 1 atom stereocenters. The van der Waals surface area contributed by atoms with Gasteiger partial charge in [0, 0.05) is 12.6 Å². The number of aliphatic hydroxyl groups excluding tert-OH is 1. The van der Waals surface area contributed by atoms with E-state index in [1.54, 1.807) is 0 Å². The Balaban J connectivity index is 2.27. The van der Waals surface area contributed by atoms with Crippen molar-refractivity contribution in [2.24, 2.45) is 5.41 Å². The van der Waals surface area contributed by atoms with Crippen molar-refractivity contribution in [2.45, 2.75) is 84.3 Å². The molecule has 0 heterocycles. The molecule has 2 heteroatoms. The van der Waals surface area contributed by atoms with Crippen LogP contribution in [-0.4, -0.2) is 23.8 Å². The van der Waals surface area contributed by atoms with E-state index in [1.165, 1.54) is 44.9 Å². The summed E-state index contributed by atoms with van der Waals surface area (Å²) in [5.74, 6) is 0. The van der Waals surface area contributed by atoms with Gasteiger partial charge >= 0.3 is 0 Å². The van der Waals surface area contributed by atoms with Crippen LogP contribution in [-0.2, 0) is 0 Å². The highest BCUT2D eigenvalue weighted by Crippen LogP contribution is 2.23. The third-order valence-corrected chi connectivity index (χ3v) is 3.82. The van der Waals surface area contributed by atoms with Gasteiger partial charge in [0.1, 0.15) is 0 Å². The Kier molecular flexibility index (Phi) is 6.50. The van der Waals surface area contributed by atoms with E-state index < -0.39 is 0 Å². The molecule has 0 aromatic heterocycles. The monoisotopic (exact) mass is 241 g/mol. The Hall–Kier alpha value is -0.0800. The van der Waals surface area contributed by atoms with Crippen LogP contribution in [0.1, 0.15) is 72.1 Å². The molecule has 1 aliphatic rings. The summed E-state index contributed by atoms with van der Waals surface area (Å²) in [6, 6.07) is 0.712. The van der Waals surface area contributed by atoms with Crippen molar-refractivity contribution >= 4 is 0 Å². The number of hydrogen-bond acceptors (Lipinski definition) is 2. The van der Waals surface area contributed by atoms with Crippen LogP contribution in [0.2, 0.25) is 0 Å². The summed E-state index contributed by atoms with van der Waals surface area (Å²) in [6.07, 6.45) is 10.4. The lowest BCUT2D eigenvalue weighted by Gasteiger charge is -2.30. The number of rotatable bonds is 5. The van der Waals surface area contributed by atoms with Crippen LogP contribution in [0.5, 0.6) is 0 Å². The molecule has 0 aromatic rings. The normalized spacial score (nSPS) is 21.9. The van der Waals surface area contributed by atoms with E-state index in [0.29, 0.717) is 6.04 Å². The molecule has 17 heavy (non-hydrogen) atoms. The van der Waals surface area contributed by atoms with Crippen LogP contribution in [0.4, 0.5) is 0 Å². The predicted octanol–water partition coefficient (Wildman–Crippen LogP) is 3.49. The lowest BCUT2D eigenvalue weighted by atomic mass is 9.86. The van der Waals surface area contributed by atoms with E-state index in [1.807, 2.05) is 6.92 Å². The van der Waals surface area contributed by atoms with Gasteiger partial charge in [-0.1, -0.05) is 46.0 Å². The summed E-state index contributed by atoms with van der Waals surface area (Å²) >= 11 is 0. The average molecular weight is 241 g/mol. The van der Waals surface area contributed by atoms with E-state index in [2.05, 4.69) is 19.2 Å². The molecule has 0 aliphatic heterocycles. The first-order chi connectivity index (χ1) is 7.99. The van der Waals surface area contributed by atoms with Crippen molar-refractivity contribution in [3.05, 3.63) is 0 Å². The Bertz CT molecular complexity index is 193. The number of hydrogen-bond donors (Lipinski definition) is 2. The zero-order chi connectivity index (χ0) is 12.7. The van der Waals surface area contributed by atoms with Gasteiger partial charge in [-0.2, -0.15) is 0 Å². The van der Waals surface area contributed by atoms with Crippen LogP contribution < -0.4 is 5.32 Å². The van der Waals surface area contributed by atoms with E-state index in [-0.39, 0.29) is 11.5 Å². The molecule has 0 bridgehead atoms. The SMILES string of the molecule is CC(O)CC(C)(C)CNC1CCCCCCC1. The van der Waals surface area contributed by atoms with E-state index in [9.17, 15) is 5.11 Å². The molecule has 102 valence electrons. The Morgan fingerprint density at radius 1 is 1.12 bits per heavy atom. The molecule has 1 unspecified atom stereocenters. The Morgan fingerprint density at radius 3 is 2.18 bits per heavy atom. The van der Waals surface area contributed by atoms with Gasteiger partial charge in [0.2, 0.25) is 0 Å². The van der Waals surface area contributed by atoms with Gasteiger partial charge in [0.25, 0.3) is 0 Å². The summed E-state index contributed by atoms with van der Waals surface area (Å²) in [5.41, 5.74) is 0.205. The third-order valence-electron chi connectivity index (χ3n) is 3.82. The maximum Gasteiger partial charge on any atom is 0.0517 e. The van der Waals surface area contributed by atoms with Gasteiger partial charge in [-0.3, -0.25) is 0 Å². The average Bonchev–Trinajstić information content (AvgIpc) is 2.13. The second-order valence-electron chi connectivity index (χ2n) is 6.64. The van der Waals surface area contributed by atoms with Crippen LogP contribution in [0.25, 0.3) is 0 Å². The molecular formula is C15H31NO. The highest BCUT2D eigenvalue weighted by Gasteiger charge is 2.21. The van der Waals surface area contributed by atoms with Gasteiger partial charge in [0.05, 0.1) is 6.10 Å². The fraction of sp³-hybridized carbons (Fsp3) is 1.00. The van der Waals surface area contributed by atoms with Crippen molar-refractivity contribution in [2.75, 3.05) is 6.54 Å². The Morgan fingerprint density at radius 2 is 1.65 bits per heavy atom. The fourth-order valence-electron chi connectivity index (χ4n) is 2.95. The van der Waals surface area contributed by atoms with Crippen LogP contribution in [0, 0.1) is 5.41 Å². The van der Waals surface area contributed by atoms with Crippen molar-refractivity contribution in [3.8, 4) is 0 Å². The maximum atomic E-state index is 9.48. The fourth-order valence-corrected chi connectivity index (χ4v) is 2.95. The molecule has 1 rings (SSSR count). The second kappa shape index (κ2) is 7.38. The molecule has 0 radical (unpaired) electrons. The van der Waals surface area contributed by atoms with Crippen LogP contribution in [0.3, 0.4) is 0 Å². The quantitative estimate of drug-likeness (QED) is 0.772. The van der Waals surface area contributed by atoms with Crippen LogP contribution >= 0.6 is 0 Å².